The molecule has 1 saturated heterocycles. The molecule has 0 amide bonds. The zero-order valence-electron chi connectivity index (χ0n) is 17.6. The third kappa shape index (κ3) is 3.26. The summed E-state index contributed by atoms with van der Waals surface area (Å²) in [6, 6.07) is 10.0. The van der Waals surface area contributed by atoms with Crippen LogP contribution >= 0.6 is 0 Å². The molecule has 1 N–H and O–H groups in total. The van der Waals surface area contributed by atoms with Gasteiger partial charge >= 0.3 is 0 Å². The molecule has 1 spiro atoms. The van der Waals surface area contributed by atoms with E-state index in [1.54, 1.807) is 18.2 Å². The Morgan fingerprint density at radius 1 is 1.03 bits per heavy atom. The molecule has 2 aliphatic heterocycles. The maximum absolute atomic E-state index is 13.6. The van der Waals surface area contributed by atoms with Crippen LogP contribution in [0.3, 0.4) is 0 Å². The molecule has 31 heavy (non-hydrogen) atoms. The van der Waals surface area contributed by atoms with Crippen molar-refractivity contribution in [2.24, 2.45) is 0 Å². The molecule has 2 aromatic rings. The number of ether oxygens (including phenoxy) is 1. The first-order valence-corrected chi connectivity index (χ1v) is 13.8. The van der Waals surface area contributed by atoms with Gasteiger partial charge in [-0.05, 0) is 67.5 Å². The Morgan fingerprint density at radius 3 is 2.42 bits per heavy atom. The Morgan fingerprint density at radius 2 is 1.71 bits per heavy atom. The van der Waals surface area contributed by atoms with E-state index in [0.717, 1.165) is 42.4 Å². The Kier molecular flexibility index (Phi) is 5.04. The maximum atomic E-state index is 13.6. The van der Waals surface area contributed by atoms with E-state index in [1.807, 2.05) is 19.1 Å². The van der Waals surface area contributed by atoms with Crippen molar-refractivity contribution in [2.45, 2.75) is 71.6 Å². The fourth-order valence-electron chi connectivity index (χ4n) is 5.65. The number of sulfone groups is 1. The van der Waals surface area contributed by atoms with Crippen molar-refractivity contribution < 1.29 is 21.6 Å². The van der Waals surface area contributed by atoms with Crippen LogP contribution in [-0.2, 0) is 30.0 Å². The summed E-state index contributed by atoms with van der Waals surface area (Å²) in [7, 11) is -7.66. The second-order valence-corrected chi connectivity index (χ2v) is 12.5. The normalized spacial score (nSPS) is 22.2. The van der Waals surface area contributed by atoms with Crippen molar-refractivity contribution >= 4 is 19.9 Å². The summed E-state index contributed by atoms with van der Waals surface area (Å²) in [5, 5.41) is 0. The first-order chi connectivity index (χ1) is 14.8. The highest BCUT2D eigenvalue weighted by atomic mass is 32.2. The Labute approximate surface area is 184 Å². The van der Waals surface area contributed by atoms with Crippen molar-refractivity contribution in [2.75, 3.05) is 13.2 Å². The van der Waals surface area contributed by atoms with Gasteiger partial charge in [0.1, 0.15) is 0 Å². The monoisotopic (exact) mass is 461 g/mol. The van der Waals surface area contributed by atoms with Crippen LogP contribution in [0.4, 0.5) is 0 Å². The van der Waals surface area contributed by atoms with Crippen molar-refractivity contribution in [1.82, 2.24) is 4.72 Å². The molecule has 2 aromatic carbocycles. The summed E-state index contributed by atoms with van der Waals surface area (Å²) in [4.78, 5) is 0.488. The van der Waals surface area contributed by atoms with Crippen LogP contribution in [0.15, 0.2) is 51.1 Å². The molecule has 1 aliphatic carbocycles. The van der Waals surface area contributed by atoms with Gasteiger partial charge in [-0.25, -0.2) is 21.6 Å². The molecular formula is C23H27NO5S2. The molecule has 0 aromatic heterocycles. The molecule has 6 nitrogen and oxygen atoms in total. The largest absolute Gasteiger partial charge is 0.381 e. The molecule has 0 radical (unpaired) electrons. The van der Waals surface area contributed by atoms with Crippen LogP contribution in [-0.4, -0.2) is 36.1 Å². The number of nitrogens with one attached hydrogen (secondary N) is 1. The third-order valence-electron chi connectivity index (χ3n) is 7.04. The summed E-state index contributed by atoms with van der Waals surface area (Å²) in [5.41, 5.74) is 2.01. The molecule has 166 valence electrons. The van der Waals surface area contributed by atoms with Gasteiger partial charge in [-0.2, -0.15) is 0 Å². The Hall–Kier alpha value is -1.74. The van der Waals surface area contributed by atoms with Crippen LogP contribution in [0.1, 0.15) is 55.2 Å². The minimum atomic E-state index is -3.85. The SMILES string of the molecule is Cc1cc(S(=O)(=O)NC2CCOCC2)cc2c1C1(CCCC1)c1ccccc1S2(=O)=O. The zero-order valence-corrected chi connectivity index (χ0v) is 19.2. The van der Waals surface area contributed by atoms with Gasteiger partial charge in [0.25, 0.3) is 0 Å². The van der Waals surface area contributed by atoms with Crippen molar-refractivity contribution in [3.8, 4) is 0 Å². The summed E-state index contributed by atoms with van der Waals surface area (Å²) < 4.78 is 61.6. The average molecular weight is 462 g/mol. The summed E-state index contributed by atoms with van der Waals surface area (Å²) in [6.45, 7) is 2.88. The molecule has 1 saturated carbocycles. The number of sulfonamides is 1. The first-order valence-electron chi connectivity index (χ1n) is 10.9. The fraction of sp³-hybridized carbons (Fsp3) is 0.478. The van der Waals surface area contributed by atoms with E-state index in [0.29, 0.717) is 31.0 Å². The van der Waals surface area contributed by atoms with Gasteiger partial charge in [-0.1, -0.05) is 31.0 Å². The Balaban J connectivity index is 1.68. The minimum Gasteiger partial charge on any atom is -0.381 e. The minimum absolute atomic E-state index is 0.0198. The molecule has 0 unspecified atom stereocenters. The lowest BCUT2D eigenvalue weighted by molar-refractivity contribution is 0.0832. The molecule has 8 heteroatoms. The van der Waals surface area contributed by atoms with Crippen LogP contribution in [0, 0.1) is 6.92 Å². The predicted molar refractivity (Wildman–Crippen MR) is 116 cm³/mol. The quantitative estimate of drug-likeness (QED) is 0.756. The van der Waals surface area contributed by atoms with E-state index in [2.05, 4.69) is 4.72 Å². The average Bonchev–Trinajstić information content (AvgIpc) is 3.23. The second kappa shape index (κ2) is 7.40. The van der Waals surface area contributed by atoms with Crippen LogP contribution in [0.2, 0.25) is 0 Å². The van der Waals surface area contributed by atoms with Gasteiger partial charge in [0.2, 0.25) is 19.9 Å². The lowest BCUT2D eigenvalue weighted by Gasteiger charge is -2.39. The van der Waals surface area contributed by atoms with Gasteiger partial charge in [0, 0.05) is 24.7 Å². The van der Waals surface area contributed by atoms with Crippen molar-refractivity contribution in [3.63, 3.8) is 0 Å². The van der Waals surface area contributed by atoms with Gasteiger partial charge in [-0.15, -0.1) is 0 Å². The van der Waals surface area contributed by atoms with E-state index in [-0.39, 0.29) is 21.2 Å². The number of hydrogen-bond acceptors (Lipinski definition) is 5. The van der Waals surface area contributed by atoms with E-state index in [1.165, 1.54) is 6.07 Å². The van der Waals surface area contributed by atoms with Crippen LogP contribution in [0.25, 0.3) is 0 Å². The van der Waals surface area contributed by atoms with E-state index in [4.69, 9.17) is 4.74 Å². The molecule has 0 bridgehead atoms. The third-order valence-corrected chi connectivity index (χ3v) is 10.4. The predicted octanol–water partition coefficient (Wildman–Crippen LogP) is 3.46. The molecule has 2 fully saturated rings. The number of rotatable bonds is 3. The molecule has 0 atom stereocenters. The highest BCUT2D eigenvalue weighted by Gasteiger charge is 2.48. The van der Waals surface area contributed by atoms with E-state index < -0.39 is 19.9 Å². The number of fused-ring (bicyclic) bond motifs is 4. The topological polar surface area (TPSA) is 89.5 Å². The van der Waals surface area contributed by atoms with Crippen molar-refractivity contribution in [1.29, 1.82) is 0 Å². The zero-order chi connectivity index (χ0) is 21.9. The number of hydrogen-bond donors (Lipinski definition) is 1. The van der Waals surface area contributed by atoms with Crippen LogP contribution in [0.5, 0.6) is 0 Å². The summed E-state index contributed by atoms with van der Waals surface area (Å²) in [6.07, 6.45) is 5.02. The van der Waals surface area contributed by atoms with E-state index in [9.17, 15) is 16.8 Å². The first kappa shape index (κ1) is 21.1. The number of benzene rings is 2. The fourth-order valence-corrected chi connectivity index (χ4v) is 9.10. The van der Waals surface area contributed by atoms with Gasteiger partial charge < -0.3 is 4.74 Å². The number of aryl methyl sites for hydroxylation is 1. The van der Waals surface area contributed by atoms with Crippen molar-refractivity contribution in [3.05, 3.63) is 53.1 Å². The highest BCUT2D eigenvalue weighted by molar-refractivity contribution is 7.92. The highest BCUT2D eigenvalue weighted by Crippen LogP contribution is 2.55. The molecule has 5 rings (SSSR count). The second-order valence-electron chi connectivity index (χ2n) is 8.91. The molecule has 2 heterocycles. The smallest absolute Gasteiger partial charge is 0.240 e. The Bertz CT molecular complexity index is 1240. The lowest BCUT2D eigenvalue weighted by atomic mass is 9.71. The van der Waals surface area contributed by atoms with Gasteiger partial charge in [-0.3, -0.25) is 0 Å². The van der Waals surface area contributed by atoms with Gasteiger partial charge in [0.05, 0.1) is 14.7 Å². The summed E-state index contributed by atoms with van der Waals surface area (Å²) >= 11 is 0. The van der Waals surface area contributed by atoms with E-state index >= 15 is 0 Å². The lowest BCUT2D eigenvalue weighted by Crippen LogP contribution is -2.39. The summed E-state index contributed by atoms with van der Waals surface area (Å²) in [5.74, 6) is 0. The van der Waals surface area contributed by atoms with Gasteiger partial charge in [0.15, 0.2) is 0 Å². The molecular weight excluding hydrogens is 434 g/mol. The standard InChI is InChI=1S/C23H27NO5S2/c1-16-14-18(31(27,28)24-17-8-12-29-13-9-17)15-21-22(16)23(10-4-5-11-23)19-6-2-3-7-20(19)30(21,25)26/h2-3,6-7,14-15,17,24H,4-5,8-13H2,1H3. The van der Waals surface area contributed by atoms with Crippen LogP contribution < -0.4 is 4.72 Å². The molecule has 3 aliphatic rings. The maximum Gasteiger partial charge on any atom is 0.240 e.